The van der Waals surface area contributed by atoms with Crippen LogP contribution < -0.4 is 5.32 Å². The zero-order valence-electron chi connectivity index (χ0n) is 18.2. The monoisotopic (exact) mass is 449 g/mol. The van der Waals surface area contributed by atoms with Crippen molar-refractivity contribution in [2.75, 3.05) is 31.6 Å². The number of halogens is 1. The Labute approximate surface area is 189 Å². The van der Waals surface area contributed by atoms with E-state index in [-0.39, 0.29) is 24.3 Å². The first kappa shape index (κ1) is 21.1. The summed E-state index contributed by atoms with van der Waals surface area (Å²) in [6, 6.07) is 3.90. The Morgan fingerprint density at radius 2 is 1.94 bits per heavy atom. The molecule has 0 unspecified atom stereocenters. The number of fused-ring (bicyclic) bond motifs is 1. The standard InChI is InChI=1S/C22H24FN9O/c1-30-13-17(12-26-30)19-8-15-9-21(25-11-16(15)10-24-19)27-22(33)20-14-32(29-28-20)18-2-5-31(6-3-18)7-4-23/h8-14,18H,2-7H2,1H3,(H,25,27,33). The van der Waals surface area contributed by atoms with Crippen molar-refractivity contribution in [3.05, 3.63) is 48.8 Å². The number of amides is 1. The quantitative estimate of drug-likeness (QED) is 0.482. The van der Waals surface area contributed by atoms with Gasteiger partial charge in [-0.05, 0) is 30.4 Å². The lowest BCUT2D eigenvalue weighted by molar-refractivity contribution is 0.102. The maximum atomic E-state index is 12.7. The van der Waals surface area contributed by atoms with Gasteiger partial charge in [0.25, 0.3) is 5.91 Å². The smallest absolute Gasteiger partial charge is 0.278 e. The van der Waals surface area contributed by atoms with E-state index in [0.29, 0.717) is 12.4 Å². The molecule has 0 bridgehead atoms. The summed E-state index contributed by atoms with van der Waals surface area (Å²) < 4.78 is 16.0. The molecule has 1 amide bonds. The highest BCUT2D eigenvalue weighted by atomic mass is 19.1. The second-order valence-electron chi connectivity index (χ2n) is 8.19. The Kier molecular flexibility index (Phi) is 5.78. The van der Waals surface area contributed by atoms with E-state index in [1.165, 1.54) is 0 Å². The number of pyridine rings is 2. The van der Waals surface area contributed by atoms with Gasteiger partial charge in [0.2, 0.25) is 0 Å². The largest absolute Gasteiger partial charge is 0.305 e. The van der Waals surface area contributed by atoms with Crippen LogP contribution >= 0.6 is 0 Å². The van der Waals surface area contributed by atoms with Crippen LogP contribution in [-0.4, -0.2) is 71.9 Å². The Bertz CT molecular complexity index is 1280. The molecule has 1 aliphatic rings. The van der Waals surface area contributed by atoms with Gasteiger partial charge < -0.3 is 10.2 Å². The van der Waals surface area contributed by atoms with Crippen LogP contribution in [0.5, 0.6) is 0 Å². The van der Waals surface area contributed by atoms with E-state index < -0.39 is 0 Å². The van der Waals surface area contributed by atoms with Gasteiger partial charge in [-0.3, -0.25) is 14.5 Å². The number of hydrogen-bond acceptors (Lipinski definition) is 7. The van der Waals surface area contributed by atoms with Crippen molar-refractivity contribution in [3.8, 4) is 11.3 Å². The number of likely N-dealkylation sites (tertiary alicyclic amines) is 1. The van der Waals surface area contributed by atoms with Gasteiger partial charge in [0.15, 0.2) is 5.69 Å². The molecule has 1 saturated heterocycles. The lowest BCUT2D eigenvalue weighted by Gasteiger charge is -2.30. The summed E-state index contributed by atoms with van der Waals surface area (Å²) in [4.78, 5) is 23.6. The molecule has 0 aromatic carbocycles. The first-order valence-corrected chi connectivity index (χ1v) is 10.9. The molecule has 170 valence electrons. The molecule has 1 aliphatic heterocycles. The average molecular weight is 449 g/mol. The van der Waals surface area contributed by atoms with Gasteiger partial charge in [0.05, 0.1) is 24.1 Å². The number of nitrogens with zero attached hydrogens (tertiary/aromatic N) is 8. The van der Waals surface area contributed by atoms with Gasteiger partial charge in [0.1, 0.15) is 12.5 Å². The van der Waals surface area contributed by atoms with Crippen LogP contribution in [0.25, 0.3) is 22.0 Å². The number of carbonyl (C=O) groups excluding carboxylic acids is 1. The highest BCUT2D eigenvalue weighted by Gasteiger charge is 2.22. The van der Waals surface area contributed by atoms with Crippen molar-refractivity contribution in [1.29, 1.82) is 0 Å². The van der Waals surface area contributed by atoms with Crippen LogP contribution in [0.15, 0.2) is 43.1 Å². The van der Waals surface area contributed by atoms with E-state index in [9.17, 15) is 9.18 Å². The molecule has 1 N–H and O–H groups in total. The predicted octanol–water partition coefficient (Wildman–Crippen LogP) is 2.48. The lowest BCUT2D eigenvalue weighted by Crippen LogP contribution is -2.36. The molecule has 5 rings (SSSR count). The molecular formula is C22H24FN9O. The minimum atomic E-state index is -0.371. The number of rotatable bonds is 6. The minimum Gasteiger partial charge on any atom is -0.305 e. The Morgan fingerprint density at radius 1 is 1.12 bits per heavy atom. The number of hydrogen-bond donors (Lipinski definition) is 1. The molecule has 5 heterocycles. The van der Waals surface area contributed by atoms with Crippen LogP contribution in [0.1, 0.15) is 29.4 Å². The van der Waals surface area contributed by atoms with Crippen molar-refractivity contribution in [2.24, 2.45) is 7.05 Å². The molecule has 0 saturated carbocycles. The second-order valence-corrected chi connectivity index (χ2v) is 8.19. The van der Waals surface area contributed by atoms with E-state index in [1.807, 2.05) is 19.3 Å². The molecule has 4 aromatic rings. The van der Waals surface area contributed by atoms with Crippen molar-refractivity contribution in [1.82, 2.24) is 39.6 Å². The molecular weight excluding hydrogens is 425 g/mol. The molecule has 4 aromatic heterocycles. The summed E-state index contributed by atoms with van der Waals surface area (Å²) >= 11 is 0. The minimum absolute atomic E-state index is 0.159. The van der Waals surface area contributed by atoms with Crippen LogP contribution in [-0.2, 0) is 7.05 Å². The molecule has 1 fully saturated rings. The number of aryl methyl sites for hydroxylation is 1. The van der Waals surface area contributed by atoms with Gasteiger partial charge in [-0.1, -0.05) is 5.21 Å². The van der Waals surface area contributed by atoms with Crippen molar-refractivity contribution in [3.63, 3.8) is 0 Å². The molecule has 33 heavy (non-hydrogen) atoms. The van der Waals surface area contributed by atoms with E-state index >= 15 is 0 Å². The summed E-state index contributed by atoms with van der Waals surface area (Å²) in [6.45, 7) is 1.76. The topological polar surface area (TPSA) is 107 Å². The molecule has 11 heteroatoms. The molecule has 0 atom stereocenters. The van der Waals surface area contributed by atoms with Gasteiger partial charge in [0, 0.05) is 56.2 Å². The fraction of sp³-hybridized carbons (Fsp3) is 0.364. The highest BCUT2D eigenvalue weighted by molar-refractivity contribution is 6.03. The van der Waals surface area contributed by atoms with E-state index in [0.717, 1.165) is 48.0 Å². The van der Waals surface area contributed by atoms with Gasteiger partial charge in [-0.15, -0.1) is 5.10 Å². The van der Waals surface area contributed by atoms with Gasteiger partial charge in [-0.2, -0.15) is 5.10 Å². The third-order valence-corrected chi connectivity index (χ3v) is 5.92. The van der Waals surface area contributed by atoms with Crippen LogP contribution in [0.4, 0.5) is 10.2 Å². The molecule has 10 nitrogen and oxygen atoms in total. The highest BCUT2D eigenvalue weighted by Crippen LogP contribution is 2.24. The van der Waals surface area contributed by atoms with Crippen LogP contribution in [0, 0.1) is 0 Å². The van der Waals surface area contributed by atoms with Crippen molar-refractivity contribution >= 4 is 22.5 Å². The summed E-state index contributed by atoms with van der Waals surface area (Å²) in [6.07, 6.45) is 10.4. The molecule has 0 aliphatic carbocycles. The summed E-state index contributed by atoms with van der Waals surface area (Å²) in [5.41, 5.74) is 1.93. The second kappa shape index (κ2) is 9.02. The van der Waals surface area contributed by atoms with Crippen molar-refractivity contribution < 1.29 is 9.18 Å². The maximum Gasteiger partial charge on any atom is 0.278 e. The SMILES string of the molecule is Cn1cc(-c2cc3cc(NC(=O)c4cn(C5CCN(CCF)CC5)nn4)ncc3cn2)cn1. The number of piperidine rings is 1. The lowest BCUT2D eigenvalue weighted by atomic mass is 10.1. The molecule has 0 radical (unpaired) electrons. The number of alkyl halides is 1. The van der Waals surface area contributed by atoms with Crippen LogP contribution in [0.2, 0.25) is 0 Å². The van der Waals surface area contributed by atoms with E-state index in [4.69, 9.17) is 0 Å². The normalized spacial score (nSPS) is 15.2. The van der Waals surface area contributed by atoms with Crippen molar-refractivity contribution in [2.45, 2.75) is 18.9 Å². The first-order chi connectivity index (χ1) is 16.1. The fourth-order valence-electron chi connectivity index (χ4n) is 4.08. The predicted molar refractivity (Wildman–Crippen MR) is 120 cm³/mol. The zero-order chi connectivity index (χ0) is 22.8. The van der Waals surface area contributed by atoms with Gasteiger partial charge >= 0.3 is 0 Å². The van der Waals surface area contributed by atoms with E-state index in [1.54, 1.807) is 40.2 Å². The Hall–Kier alpha value is -3.73. The molecule has 0 spiro atoms. The number of aromatic nitrogens is 7. The van der Waals surface area contributed by atoms with Gasteiger partial charge in [-0.25, -0.2) is 14.1 Å². The van der Waals surface area contributed by atoms with Crippen LogP contribution in [0.3, 0.4) is 0 Å². The Balaban J connectivity index is 1.28. The number of anilines is 1. The first-order valence-electron chi connectivity index (χ1n) is 10.9. The number of carbonyl (C=O) groups is 1. The zero-order valence-corrected chi connectivity index (χ0v) is 18.2. The summed E-state index contributed by atoms with van der Waals surface area (Å²) in [5, 5.41) is 16.9. The third-order valence-electron chi connectivity index (χ3n) is 5.92. The summed E-state index contributed by atoms with van der Waals surface area (Å²) in [5.74, 6) is 0.0504. The summed E-state index contributed by atoms with van der Waals surface area (Å²) in [7, 11) is 1.86. The third kappa shape index (κ3) is 4.58. The maximum absolute atomic E-state index is 12.7. The fourth-order valence-corrected chi connectivity index (χ4v) is 4.08. The average Bonchev–Trinajstić information content (AvgIpc) is 3.49. The van der Waals surface area contributed by atoms with E-state index in [2.05, 4.69) is 35.6 Å². The number of nitrogens with one attached hydrogen (secondary N) is 1. The Morgan fingerprint density at radius 3 is 2.70 bits per heavy atom.